The Bertz CT molecular complexity index is 1170. The molecule has 0 saturated heterocycles. The number of ether oxygens (including phenoxy) is 2. The summed E-state index contributed by atoms with van der Waals surface area (Å²) in [6.07, 6.45) is 0. The average molecular weight is 524 g/mol. The fourth-order valence-corrected chi connectivity index (χ4v) is 4.91. The molecule has 1 atom stereocenters. The number of anilines is 1. The van der Waals surface area contributed by atoms with Crippen LogP contribution in [0.25, 0.3) is 0 Å². The number of sulfonamides is 1. The second kappa shape index (κ2) is 11.6. The van der Waals surface area contributed by atoms with Gasteiger partial charge < -0.3 is 19.7 Å². The van der Waals surface area contributed by atoms with E-state index in [1.165, 1.54) is 11.8 Å². The monoisotopic (exact) mass is 523 g/mol. The van der Waals surface area contributed by atoms with Crippen molar-refractivity contribution in [3.05, 3.63) is 53.1 Å². The molecule has 2 aromatic carbocycles. The van der Waals surface area contributed by atoms with Crippen molar-refractivity contribution in [2.45, 2.75) is 33.4 Å². The lowest BCUT2D eigenvalue weighted by Gasteiger charge is -2.32. The Hall–Kier alpha value is -2.98. The molecule has 0 radical (unpaired) electrons. The summed E-state index contributed by atoms with van der Waals surface area (Å²) < 4.78 is 38.2. The molecular formula is C24H30ClN3O6S. The highest BCUT2D eigenvalue weighted by Gasteiger charge is 2.31. The van der Waals surface area contributed by atoms with Gasteiger partial charge in [-0.3, -0.25) is 13.9 Å². The molecule has 0 bridgehead atoms. The SMILES string of the molecule is CCNC(=O)C(C)N(Cc1cccc(Cl)c1)C(=O)CN(c1ccc2c(c1)OCCO2)S(=O)(=O)CC. The third-order valence-corrected chi connectivity index (χ3v) is 7.53. The predicted molar refractivity (Wildman–Crippen MR) is 134 cm³/mol. The number of halogens is 1. The number of fused-ring (bicyclic) bond motifs is 1. The van der Waals surface area contributed by atoms with Crippen LogP contribution in [0.4, 0.5) is 5.69 Å². The van der Waals surface area contributed by atoms with Crippen molar-refractivity contribution < 1.29 is 27.5 Å². The van der Waals surface area contributed by atoms with Crippen molar-refractivity contribution in [1.29, 1.82) is 0 Å². The van der Waals surface area contributed by atoms with Gasteiger partial charge in [0.15, 0.2) is 11.5 Å². The lowest BCUT2D eigenvalue weighted by atomic mass is 10.1. The van der Waals surface area contributed by atoms with E-state index in [9.17, 15) is 18.0 Å². The number of likely N-dealkylation sites (N-methyl/N-ethyl adjacent to an activating group) is 1. The minimum atomic E-state index is -3.84. The van der Waals surface area contributed by atoms with Gasteiger partial charge in [-0.2, -0.15) is 0 Å². The van der Waals surface area contributed by atoms with Crippen LogP contribution in [0.5, 0.6) is 11.5 Å². The Morgan fingerprint density at radius 1 is 1.09 bits per heavy atom. The zero-order valence-corrected chi connectivity index (χ0v) is 21.6. The van der Waals surface area contributed by atoms with Crippen LogP contribution in [0, 0.1) is 0 Å². The summed E-state index contributed by atoms with van der Waals surface area (Å²) in [5, 5.41) is 3.21. The highest BCUT2D eigenvalue weighted by molar-refractivity contribution is 7.92. The maximum absolute atomic E-state index is 13.6. The molecule has 0 aliphatic carbocycles. The molecule has 1 heterocycles. The molecule has 0 saturated carbocycles. The van der Waals surface area contributed by atoms with E-state index in [-0.39, 0.29) is 23.9 Å². The van der Waals surface area contributed by atoms with Gasteiger partial charge in [-0.1, -0.05) is 23.7 Å². The summed E-state index contributed by atoms with van der Waals surface area (Å²) in [7, 11) is -3.84. The summed E-state index contributed by atoms with van der Waals surface area (Å²) in [6, 6.07) is 10.8. The van der Waals surface area contributed by atoms with Gasteiger partial charge in [-0.25, -0.2) is 8.42 Å². The lowest BCUT2D eigenvalue weighted by molar-refractivity contribution is -0.139. The van der Waals surface area contributed by atoms with Crippen molar-refractivity contribution in [2.24, 2.45) is 0 Å². The summed E-state index contributed by atoms with van der Waals surface area (Å²) in [4.78, 5) is 27.5. The number of hydrogen-bond acceptors (Lipinski definition) is 6. The van der Waals surface area contributed by atoms with E-state index in [4.69, 9.17) is 21.1 Å². The van der Waals surface area contributed by atoms with Crippen molar-refractivity contribution in [3.63, 3.8) is 0 Å². The minimum Gasteiger partial charge on any atom is -0.486 e. The molecule has 0 fully saturated rings. The fourth-order valence-electron chi connectivity index (χ4n) is 3.64. The first-order valence-electron chi connectivity index (χ1n) is 11.4. The summed E-state index contributed by atoms with van der Waals surface area (Å²) in [5.41, 5.74) is 0.990. The number of carbonyl (C=O) groups is 2. The summed E-state index contributed by atoms with van der Waals surface area (Å²) in [6.45, 7) is 5.63. The van der Waals surface area contributed by atoms with Crippen LogP contribution in [-0.2, 0) is 26.2 Å². The van der Waals surface area contributed by atoms with E-state index in [0.717, 1.165) is 4.31 Å². The topological polar surface area (TPSA) is 105 Å². The zero-order chi connectivity index (χ0) is 25.6. The molecular weight excluding hydrogens is 494 g/mol. The van der Waals surface area contributed by atoms with E-state index in [1.54, 1.807) is 56.3 Å². The number of rotatable bonds is 10. The molecule has 0 spiro atoms. The molecule has 1 N–H and O–H groups in total. The summed E-state index contributed by atoms with van der Waals surface area (Å²) in [5.74, 6) is -0.172. The minimum absolute atomic E-state index is 0.0822. The maximum Gasteiger partial charge on any atom is 0.244 e. The third-order valence-electron chi connectivity index (χ3n) is 5.55. The van der Waals surface area contributed by atoms with Crippen LogP contribution in [0.2, 0.25) is 5.02 Å². The van der Waals surface area contributed by atoms with Crippen molar-refractivity contribution in [1.82, 2.24) is 10.2 Å². The quantitative estimate of drug-likeness (QED) is 0.513. The second-order valence-corrected chi connectivity index (χ2v) is 10.6. The molecule has 1 aliphatic rings. The average Bonchev–Trinajstić information content (AvgIpc) is 2.85. The molecule has 1 aliphatic heterocycles. The standard InChI is InChI=1S/C24H30ClN3O6S/c1-4-26-24(30)17(3)27(15-18-7-6-8-19(25)13-18)23(29)16-28(35(31,32)5-2)20-9-10-21-22(14-20)34-12-11-33-21/h6-10,13-14,17H,4-5,11-12,15-16H2,1-3H3,(H,26,30). The van der Waals surface area contributed by atoms with E-state index in [2.05, 4.69) is 5.32 Å². The van der Waals surface area contributed by atoms with E-state index < -0.39 is 28.5 Å². The lowest BCUT2D eigenvalue weighted by Crippen LogP contribution is -2.51. The van der Waals surface area contributed by atoms with Crippen molar-refractivity contribution in [3.8, 4) is 11.5 Å². The van der Waals surface area contributed by atoms with Crippen LogP contribution in [0.3, 0.4) is 0 Å². The van der Waals surface area contributed by atoms with Crippen molar-refractivity contribution >= 4 is 39.1 Å². The van der Waals surface area contributed by atoms with Gasteiger partial charge in [0.2, 0.25) is 21.8 Å². The first kappa shape index (κ1) is 26.6. The number of nitrogens with zero attached hydrogens (tertiary/aromatic N) is 2. The number of amides is 2. The van der Waals surface area contributed by atoms with E-state index in [0.29, 0.717) is 41.8 Å². The van der Waals surface area contributed by atoms with Crippen molar-refractivity contribution in [2.75, 3.05) is 36.4 Å². The zero-order valence-electron chi connectivity index (χ0n) is 20.0. The molecule has 11 heteroatoms. The van der Waals surface area contributed by atoms with Gasteiger partial charge >= 0.3 is 0 Å². The van der Waals surface area contributed by atoms with Gasteiger partial charge in [-0.05, 0) is 50.6 Å². The van der Waals surface area contributed by atoms with E-state index >= 15 is 0 Å². The highest BCUT2D eigenvalue weighted by atomic mass is 35.5. The van der Waals surface area contributed by atoms with Gasteiger partial charge in [0.25, 0.3) is 0 Å². The molecule has 3 rings (SSSR count). The van der Waals surface area contributed by atoms with Gasteiger partial charge in [-0.15, -0.1) is 0 Å². The van der Waals surface area contributed by atoms with Crippen LogP contribution in [0.1, 0.15) is 26.3 Å². The van der Waals surface area contributed by atoms with Crippen LogP contribution in [-0.4, -0.2) is 63.2 Å². The number of nitrogens with one attached hydrogen (secondary N) is 1. The molecule has 2 aromatic rings. The Balaban J connectivity index is 1.95. The Kier molecular flexibility index (Phi) is 8.85. The third kappa shape index (κ3) is 6.58. The normalized spacial score (nSPS) is 13.6. The first-order valence-corrected chi connectivity index (χ1v) is 13.4. The molecule has 35 heavy (non-hydrogen) atoms. The maximum atomic E-state index is 13.6. The predicted octanol–water partition coefficient (Wildman–Crippen LogP) is 2.82. The largest absolute Gasteiger partial charge is 0.486 e. The first-order chi connectivity index (χ1) is 16.7. The van der Waals surface area contributed by atoms with E-state index in [1.807, 2.05) is 0 Å². The molecule has 2 amide bonds. The van der Waals surface area contributed by atoms with Gasteiger partial charge in [0.05, 0.1) is 11.4 Å². The number of carbonyl (C=O) groups excluding carboxylic acids is 2. The second-order valence-electron chi connectivity index (χ2n) is 7.96. The number of hydrogen-bond donors (Lipinski definition) is 1. The smallest absolute Gasteiger partial charge is 0.244 e. The Labute approximate surface area is 211 Å². The summed E-state index contributed by atoms with van der Waals surface area (Å²) >= 11 is 6.11. The molecule has 1 unspecified atom stereocenters. The Morgan fingerprint density at radius 3 is 2.46 bits per heavy atom. The van der Waals surface area contributed by atoms with Gasteiger partial charge in [0.1, 0.15) is 25.8 Å². The molecule has 9 nitrogen and oxygen atoms in total. The van der Waals surface area contributed by atoms with Gasteiger partial charge in [0, 0.05) is 24.2 Å². The van der Waals surface area contributed by atoms with Crippen LogP contribution in [0.15, 0.2) is 42.5 Å². The molecule has 190 valence electrons. The fraction of sp³-hybridized carbons (Fsp3) is 0.417. The number of benzene rings is 2. The Morgan fingerprint density at radius 2 is 1.80 bits per heavy atom. The molecule has 0 aromatic heterocycles. The van der Waals surface area contributed by atoms with Crippen LogP contribution >= 0.6 is 11.6 Å². The highest BCUT2D eigenvalue weighted by Crippen LogP contribution is 2.35. The van der Waals surface area contributed by atoms with Crippen LogP contribution < -0.4 is 19.1 Å².